The second-order valence-corrected chi connectivity index (χ2v) is 4.14. The molecule has 1 aliphatic rings. The van der Waals surface area contributed by atoms with E-state index in [-0.39, 0.29) is 13.1 Å². The Morgan fingerprint density at radius 3 is 2.05 bits per heavy atom. The Morgan fingerprint density at radius 1 is 1.05 bits per heavy atom. The highest BCUT2D eigenvalue weighted by Gasteiger charge is 2.38. The van der Waals surface area contributed by atoms with Crippen LogP contribution in [0.2, 0.25) is 0 Å². The molecule has 0 bridgehead atoms. The van der Waals surface area contributed by atoms with Gasteiger partial charge in [0.15, 0.2) is 0 Å². The molecule has 1 saturated heterocycles. The molecule has 0 spiro atoms. The average Bonchev–Trinajstić information content (AvgIpc) is 2.41. The lowest BCUT2D eigenvalue weighted by Gasteiger charge is -2.36. The van der Waals surface area contributed by atoms with E-state index >= 15 is 0 Å². The van der Waals surface area contributed by atoms with Gasteiger partial charge in [0, 0.05) is 32.4 Å². The highest BCUT2D eigenvalue weighted by molar-refractivity contribution is 5.39. The molecular weight excluding hydrogens is 255 g/mol. The number of pyridine rings is 1. The number of piperazine rings is 1. The minimum Gasteiger partial charge on any atom is -0.354 e. The lowest BCUT2D eigenvalue weighted by molar-refractivity contribution is -0.246. The molecule has 1 fully saturated rings. The van der Waals surface area contributed by atoms with Crippen molar-refractivity contribution in [2.24, 2.45) is 0 Å². The van der Waals surface area contributed by atoms with E-state index in [2.05, 4.69) is 4.98 Å². The van der Waals surface area contributed by atoms with E-state index in [0.29, 0.717) is 18.0 Å². The number of rotatable bonds is 1. The quantitative estimate of drug-likeness (QED) is 0.734. The highest BCUT2D eigenvalue weighted by Crippen LogP contribution is 2.23. The average molecular weight is 275 g/mol. The first-order chi connectivity index (χ1) is 8.97. The number of alkyl halides is 3. The monoisotopic (exact) mass is 275 g/mol. The summed E-state index contributed by atoms with van der Waals surface area (Å²) in [5.41, 5.74) is 1.04. The second kappa shape index (κ2) is 6.75. The number of aryl methyl sites for hydroxylation is 1. The van der Waals surface area contributed by atoms with Crippen molar-refractivity contribution in [1.29, 1.82) is 0 Å². The van der Waals surface area contributed by atoms with Crippen LogP contribution >= 0.6 is 0 Å². The van der Waals surface area contributed by atoms with Gasteiger partial charge < -0.3 is 4.90 Å². The number of aromatic nitrogens is 1. The topological polar surface area (TPSA) is 19.4 Å². The summed E-state index contributed by atoms with van der Waals surface area (Å²) >= 11 is 0. The minimum atomic E-state index is -4.22. The van der Waals surface area contributed by atoms with E-state index in [1.165, 1.54) is 0 Å². The molecule has 3 nitrogen and oxygen atoms in total. The molecule has 0 saturated carbocycles. The smallest absolute Gasteiger partial charge is 0.354 e. The molecule has 6 heteroatoms. The van der Waals surface area contributed by atoms with Gasteiger partial charge in [0.25, 0.3) is 0 Å². The standard InChI is InChI=1S/C11H14F3N3.C2H6/c1-9-2-3-10(15-8-9)16-4-6-17(7-5-16)11(12,13)14;1-2/h2-3,8H,4-7H2,1H3;1-2H3. The Bertz CT molecular complexity index is 368. The fourth-order valence-corrected chi connectivity index (χ4v) is 1.84. The van der Waals surface area contributed by atoms with Gasteiger partial charge >= 0.3 is 6.30 Å². The Morgan fingerprint density at radius 2 is 1.63 bits per heavy atom. The summed E-state index contributed by atoms with van der Waals surface area (Å²) in [6.45, 7) is 6.64. The SMILES string of the molecule is CC.Cc1ccc(N2CCN(C(F)(F)F)CC2)nc1. The lowest BCUT2D eigenvalue weighted by atomic mass is 10.3. The summed E-state index contributed by atoms with van der Waals surface area (Å²) in [4.78, 5) is 6.63. The maximum Gasteiger partial charge on any atom is 0.460 e. The van der Waals surface area contributed by atoms with Crippen molar-refractivity contribution in [3.05, 3.63) is 23.9 Å². The van der Waals surface area contributed by atoms with Gasteiger partial charge in [0.1, 0.15) is 5.82 Å². The number of hydrogen-bond acceptors (Lipinski definition) is 3. The molecule has 2 heterocycles. The van der Waals surface area contributed by atoms with Crippen LogP contribution in [0, 0.1) is 6.92 Å². The van der Waals surface area contributed by atoms with E-state index in [4.69, 9.17) is 0 Å². The van der Waals surface area contributed by atoms with Crippen LogP contribution < -0.4 is 4.90 Å². The Kier molecular flexibility index (Phi) is 5.60. The van der Waals surface area contributed by atoms with Crippen LogP contribution in [-0.2, 0) is 0 Å². The summed E-state index contributed by atoms with van der Waals surface area (Å²) in [7, 11) is 0. The van der Waals surface area contributed by atoms with Crippen LogP contribution in [-0.4, -0.2) is 42.4 Å². The van der Waals surface area contributed by atoms with Gasteiger partial charge in [-0.1, -0.05) is 19.9 Å². The molecule has 108 valence electrons. The fourth-order valence-electron chi connectivity index (χ4n) is 1.84. The van der Waals surface area contributed by atoms with Crippen molar-refractivity contribution in [1.82, 2.24) is 9.88 Å². The van der Waals surface area contributed by atoms with E-state index in [0.717, 1.165) is 11.4 Å². The van der Waals surface area contributed by atoms with Crippen LogP contribution in [0.1, 0.15) is 19.4 Å². The molecule has 0 unspecified atom stereocenters. The largest absolute Gasteiger partial charge is 0.460 e. The van der Waals surface area contributed by atoms with E-state index in [9.17, 15) is 13.2 Å². The van der Waals surface area contributed by atoms with Gasteiger partial charge in [-0.2, -0.15) is 13.2 Å². The van der Waals surface area contributed by atoms with Gasteiger partial charge in [-0.05, 0) is 18.6 Å². The summed E-state index contributed by atoms with van der Waals surface area (Å²) < 4.78 is 37.2. The molecule has 0 radical (unpaired) electrons. The molecule has 0 atom stereocenters. The van der Waals surface area contributed by atoms with E-state index in [1.54, 1.807) is 6.20 Å². The summed E-state index contributed by atoms with van der Waals surface area (Å²) in [5.74, 6) is 0.748. The highest BCUT2D eigenvalue weighted by atomic mass is 19.4. The van der Waals surface area contributed by atoms with Crippen molar-refractivity contribution in [3.63, 3.8) is 0 Å². The molecule has 1 aliphatic heterocycles. The normalized spacial score (nSPS) is 16.8. The number of nitrogens with zero attached hydrogens (tertiary/aromatic N) is 3. The Labute approximate surface area is 112 Å². The molecule has 0 aliphatic carbocycles. The zero-order valence-electron chi connectivity index (χ0n) is 11.5. The van der Waals surface area contributed by atoms with E-state index in [1.807, 2.05) is 37.8 Å². The summed E-state index contributed by atoms with van der Waals surface area (Å²) in [6, 6.07) is 3.76. The van der Waals surface area contributed by atoms with Crippen molar-refractivity contribution in [3.8, 4) is 0 Å². The third-order valence-electron chi connectivity index (χ3n) is 2.86. The third kappa shape index (κ3) is 4.38. The summed E-state index contributed by atoms with van der Waals surface area (Å²) in [6.07, 6.45) is -2.49. The number of anilines is 1. The first kappa shape index (κ1) is 15.8. The van der Waals surface area contributed by atoms with Crippen LogP contribution in [0.3, 0.4) is 0 Å². The van der Waals surface area contributed by atoms with Crippen LogP contribution in [0.15, 0.2) is 18.3 Å². The minimum absolute atomic E-state index is 0.000936. The lowest BCUT2D eigenvalue weighted by Crippen LogP contribution is -2.52. The molecular formula is C13H20F3N3. The molecule has 2 rings (SSSR count). The Hall–Kier alpha value is -1.30. The van der Waals surface area contributed by atoms with Gasteiger partial charge in [-0.15, -0.1) is 0 Å². The van der Waals surface area contributed by atoms with Crippen LogP contribution in [0.25, 0.3) is 0 Å². The maximum absolute atomic E-state index is 12.4. The predicted molar refractivity (Wildman–Crippen MR) is 70.2 cm³/mol. The summed E-state index contributed by atoms with van der Waals surface area (Å²) in [5, 5.41) is 0. The zero-order valence-corrected chi connectivity index (χ0v) is 11.5. The number of halogens is 3. The molecule has 0 amide bonds. The van der Waals surface area contributed by atoms with Crippen molar-refractivity contribution < 1.29 is 13.2 Å². The third-order valence-corrected chi connectivity index (χ3v) is 2.86. The molecule has 0 N–H and O–H groups in total. The van der Waals surface area contributed by atoms with Gasteiger partial charge in [0.05, 0.1) is 0 Å². The van der Waals surface area contributed by atoms with Crippen molar-refractivity contribution in [2.75, 3.05) is 31.1 Å². The fraction of sp³-hybridized carbons (Fsp3) is 0.615. The molecule has 1 aromatic rings. The van der Waals surface area contributed by atoms with Crippen molar-refractivity contribution >= 4 is 5.82 Å². The van der Waals surface area contributed by atoms with Gasteiger partial charge in [-0.25, -0.2) is 9.88 Å². The van der Waals surface area contributed by atoms with Crippen LogP contribution in [0.4, 0.5) is 19.0 Å². The first-order valence-corrected chi connectivity index (χ1v) is 6.46. The number of hydrogen-bond donors (Lipinski definition) is 0. The molecule has 1 aromatic heterocycles. The maximum atomic E-state index is 12.4. The van der Waals surface area contributed by atoms with E-state index < -0.39 is 6.30 Å². The second-order valence-electron chi connectivity index (χ2n) is 4.14. The molecule has 19 heavy (non-hydrogen) atoms. The van der Waals surface area contributed by atoms with Crippen molar-refractivity contribution in [2.45, 2.75) is 27.1 Å². The zero-order chi connectivity index (χ0) is 14.5. The predicted octanol–water partition coefficient (Wildman–Crippen LogP) is 3.06. The van der Waals surface area contributed by atoms with Gasteiger partial charge in [0.2, 0.25) is 0 Å². The Balaban J connectivity index is 0.000000861. The van der Waals surface area contributed by atoms with Gasteiger partial charge in [-0.3, -0.25) is 0 Å². The molecule has 0 aromatic carbocycles. The van der Waals surface area contributed by atoms with Crippen LogP contribution in [0.5, 0.6) is 0 Å². The first-order valence-electron chi connectivity index (χ1n) is 6.46.